The van der Waals surface area contributed by atoms with Crippen LogP contribution in [0.1, 0.15) is 68.3 Å². The van der Waals surface area contributed by atoms with Gasteiger partial charge in [-0.1, -0.05) is 51.0 Å². The lowest BCUT2D eigenvalue weighted by Crippen LogP contribution is -2.26. The molecular weight excluding hydrogens is 350 g/mol. The number of carbonyl (C=O) groups excluding carboxylic acids is 1. The summed E-state index contributed by atoms with van der Waals surface area (Å²) in [7, 11) is 1.93. The second-order valence-electron chi connectivity index (χ2n) is 7.46. The molecule has 2 aromatic rings. The van der Waals surface area contributed by atoms with Crippen LogP contribution in [0.2, 0.25) is 0 Å². The summed E-state index contributed by atoms with van der Waals surface area (Å²) in [5.41, 5.74) is 5.93. The maximum absolute atomic E-state index is 13.1. The average molecular weight is 382 g/mol. The van der Waals surface area contributed by atoms with Gasteiger partial charge in [0.2, 0.25) is 0 Å². The number of nitrogens with zero attached hydrogens (tertiary/aromatic N) is 2. The molecule has 0 amide bonds. The summed E-state index contributed by atoms with van der Waals surface area (Å²) >= 11 is 0. The summed E-state index contributed by atoms with van der Waals surface area (Å²) in [5.74, 6) is 0.555. The molecule has 0 fully saturated rings. The number of allylic oxidation sites excluding steroid dienone is 1. The van der Waals surface area contributed by atoms with Crippen molar-refractivity contribution in [1.82, 2.24) is 9.78 Å². The van der Waals surface area contributed by atoms with Crippen molar-refractivity contribution in [1.29, 1.82) is 0 Å². The fourth-order valence-electron chi connectivity index (χ4n) is 4.09. The number of benzene rings is 1. The summed E-state index contributed by atoms with van der Waals surface area (Å²) in [6.07, 6.45) is 3.98. The monoisotopic (exact) mass is 381 g/mol. The number of ether oxygens (including phenoxy) is 1. The third-order valence-electron chi connectivity index (χ3n) is 5.50. The van der Waals surface area contributed by atoms with Gasteiger partial charge in [0, 0.05) is 24.2 Å². The van der Waals surface area contributed by atoms with Crippen LogP contribution in [0.15, 0.2) is 35.5 Å². The highest BCUT2D eigenvalue weighted by Gasteiger charge is 2.37. The number of aryl methyl sites for hydroxylation is 3. The Morgan fingerprint density at radius 2 is 1.96 bits per heavy atom. The predicted molar refractivity (Wildman–Crippen MR) is 112 cm³/mol. The molecule has 0 radical (unpaired) electrons. The number of nitrogens with one attached hydrogen (secondary N) is 1. The summed E-state index contributed by atoms with van der Waals surface area (Å²) in [6.45, 7) is 8.72. The Balaban J connectivity index is 2.08. The van der Waals surface area contributed by atoms with E-state index in [0.717, 1.165) is 54.0 Å². The van der Waals surface area contributed by atoms with Crippen LogP contribution in [-0.4, -0.2) is 22.4 Å². The molecule has 150 valence electrons. The van der Waals surface area contributed by atoms with E-state index in [9.17, 15) is 4.79 Å². The molecular formula is C23H31N3O2. The second-order valence-corrected chi connectivity index (χ2v) is 7.46. The maximum Gasteiger partial charge on any atom is 0.336 e. The third kappa shape index (κ3) is 3.71. The molecule has 0 aliphatic carbocycles. The highest BCUT2D eigenvalue weighted by Crippen LogP contribution is 2.44. The molecule has 1 aromatic heterocycles. The molecule has 3 rings (SSSR count). The first kappa shape index (κ1) is 20.2. The zero-order valence-corrected chi connectivity index (χ0v) is 17.6. The molecule has 1 unspecified atom stereocenters. The Morgan fingerprint density at radius 3 is 2.68 bits per heavy atom. The van der Waals surface area contributed by atoms with Crippen LogP contribution >= 0.6 is 0 Å². The SMILES string of the molecule is CCCCCOC(=O)C1=C(C)Nc2c(c(C)nn2C)C1c1ccccc1CC. The Morgan fingerprint density at radius 1 is 1.21 bits per heavy atom. The van der Waals surface area contributed by atoms with E-state index in [2.05, 4.69) is 42.5 Å². The number of hydrogen-bond acceptors (Lipinski definition) is 4. The first-order valence-electron chi connectivity index (χ1n) is 10.3. The van der Waals surface area contributed by atoms with Crippen molar-refractivity contribution in [2.45, 2.75) is 59.3 Å². The van der Waals surface area contributed by atoms with Crippen molar-refractivity contribution < 1.29 is 9.53 Å². The van der Waals surface area contributed by atoms with E-state index in [1.165, 1.54) is 5.56 Å². The van der Waals surface area contributed by atoms with E-state index in [1.807, 2.05) is 31.6 Å². The molecule has 5 heteroatoms. The topological polar surface area (TPSA) is 56.1 Å². The van der Waals surface area contributed by atoms with E-state index in [0.29, 0.717) is 12.2 Å². The van der Waals surface area contributed by atoms with Crippen LogP contribution in [0, 0.1) is 6.92 Å². The van der Waals surface area contributed by atoms with E-state index in [4.69, 9.17) is 4.74 Å². The number of anilines is 1. The van der Waals surface area contributed by atoms with Crippen LogP contribution < -0.4 is 5.32 Å². The molecule has 1 aliphatic rings. The minimum absolute atomic E-state index is 0.167. The van der Waals surface area contributed by atoms with Gasteiger partial charge in [-0.25, -0.2) is 4.79 Å². The molecule has 0 saturated carbocycles. The van der Waals surface area contributed by atoms with Crippen molar-refractivity contribution in [2.24, 2.45) is 7.05 Å². The van der Waals surface area contributed by atoms with Crippen LogP contribution in [0.3, 0.4) is 0 Å². The first-order valence-corrected chi connectivity index (χ1v) is 10.3. The number of aromatic nitrogens is 2. The third-order valence-corrected chi connectivity index (χ3v) is 5.50. The zero-order chi connectivity index (χ0) is 20.3. The lowest BCUT2D eigenvalue weighted by atomic mass is 9.79. The molecule has 1 aliphatic heterocycles. The summed E-state index contributed by atoms with van der Waals surface area (Å²) in [5, 5.41) is 8.01. The molecule has 1 aromatic carbocycles. The largest absolute Gasteiger partial charge is 0.462 e. The Labute approximate surface area is 167 Å². The molecule has 5 nitrogen and oxygen atoms in total. The van der Waals surface area contributed by atoms with Crippen LogP contribution in [0.5, 0.6) is 0 Å². The summed E-state index contributed by atoms with van der Waals surface area (Å²) in [4.78, 5) is 13.1. The molecule has 28 heavy (non-hydrogen) atoms. The fourth-order valence-corrected chi connectivity index (χ4v) is 4.09. The van der Waals surface area contributed by atoms with Crippen LogP contribution in [0.4, 0.5) is 5.82 Å². The van der Waals surface area contributed by atoms with E-state index in [1.54, 1.807) is 0 Å². The lowest BCUT2D eigenvalue weighted by Gasteiger charge is -2.30. The minimum Gasteiger partial charge on any atom is -0.462 e. The predicted octanol–water partition coefficient (Wildman–Crippen LogP) is 4.86. The van der Waals surface area contributed by atoms with Crippen molar-refractivity contribution in [3.63, 3.8) is 0 Å². The quantitative estimate of drug-likeness (QED) is 0.550. The second kappa shape index (κ2) is 8.63. The van der Waals surface area contributed by atoms with E-state index in [-0.39, 0.29) is 11.9 Å². The zero-order valence-electron chi connectivity index (χ0n) is 17.6. The number of esters is 1. The van der Waals surface area contributed by atoms with Crippen LogP contribution in [-0.2, 0) is 23.0 Å². The van der Waals surface area contributed by atoms with Gasteiger partial charge in [-0.05, 0) is 37.8 Å². The van der Waals surface area contributed by atoms with Crippen molar-refractivity contribution >= 4 is 11.8 Å². The van der Waals surface area contributed by atoms with Gasteiger partial charge in [-0.15, -0.1) is 0 Å². The van der Waals surface area contributed by atoms with Gasteiger partial charge in [-0.2, -0.15) is 5.10 Å². The summed E-state index contributed by atoms with van der Waals surface area (Å²) in [6, 6.07) is 8.37. The van der Waals surface area contributed by atoms with E-state index >= 15 is 0 Å². The molecule has 0 bridgehead atoms. The van der Waals surface area contributed by atoms with Crippen molar-refractivity contribution in [2.75, 3.05) is 11.9 Å². The average Bonchev–Trinajstić information content (AvgIpc) is 2.97. The van der Waals surface area contributed by atoms with Gasteiger partial charge >= 0.3 is 5.97 Å². The first-order chi connectivity index (χ1) is 13.5. The Hall–Kier alpha value is -2.56. The highest BCUT2D eigenvalue weighted by molar-refractivity contribution is 5.94. The van der Waals surface area contributed by atoms with Crippen LogP contribution in [0.25, 0.3) is 0 Å². The summed E-state index contributed by atoms with van der Waals surface area (Å²) < 4.78 is 7.54. The number of fused-ring (bicyclic) bond motifs is 1. The lowest BCUT2D eigenvalue weighted by molar-refractivity contribution is -0.139. The molecule has 0 spiro atoms. The van der Waals surface area contributed by atoms with Crippen molar-refractivity contribution in [3.8, 4) is 0 Å². The van der Waals surface area contributed by atoms with Gasteiger partial charge in [0.05, 0.1) is 17.9 Å². The normalized spacial score (nSPS) is 16.0. The standard InChI is InChI=1S/C23H31N3O2/c1-6-8-11-14-28-23(27)20-15(3)24-22-19(16(4)25-26(22)5)21(20)18-13-10-9-12-17(18)7-2/h9-10,12-13,21,24H,6-8,11,14H2,1-5H3. The smallest absolute Gasteiger partial charge is 0.336 e. The molecule has 0 saturated heterocycles. The number of unbranched alkanes of at least 4 members (excludes halogenated alkanes) is 2. The highest BCUT2D eigenvalue weighted by atomic mass is 16.5. The maximum atomic E-state index is 13.1. The number of rotatable bonds is 7. The minimum atomic E-state index is -0.231. The number of carbonyl (C=O) groups is 1. The van der Waals surface area contributed by atoms with Crippen molar-refractivity contribution in [3.05, 3.63) is 57.9 Å². The Kier molecular flexibility index (Phi) is 6.22. The molecule has 1 atom stereocenters. The fraction of sp³-hybridized carbons (Fsp3) is 0.478. The van der Waals surface area contributed by atoms with Gasteiger partial charge in [-0.3, -0.25) is 4.68 Å². The van der Waals surface area contributed by atoms with Gasteiger partial charge in [0.15, 0.2) is 0 Å². The van der Waals surface area contributed by atoms with Gasteiger partial charge < -0.3 is 10.1 Å². The molecule has 2 heterocycles. The van der Waals surface area contributed by atoms with Gasteiger partial charge in [0.1, 0.15) is 5.82 Å². The Bertz CT molecular complexity index is 895. The molecule has 1 N–H and O–H groups in total. The number of hydrogen-bond donors (Lipinski definition) is 1. The van der Waals surface area contributed by atoms with Gasteiger partial charge in [0.25, 0.3) is 0 Å². The van der Waals surface area contributed by atoms with E-state index < -0.39 is 0 Å².